The van der Waals surface area contributed by atoms with Crippen molar-refractivity contribution in [1.29, 1.82) is 0 Å². The highest BCUT2D eigenvalue weighted by molar-refractivity contribution is 5.77. The van der Waals surface area contributed by atoms with E-state index in [1.54, 1.807) is 14.2 Å². The summed E-state index contributed by atoms with van der Waals surface area (Å²) in [6.07, 6.45) is 1.96. The molecule has 0 bridgehead atoms. The molecule has 0 saturated carbocycles. The third-order valence-corrected chi connectivity index (χ3v) is 5.75. The maximum atomic E-state index is 12.6. The molecular formula is C23H33N3O3. The van der Waals surface area contributed by atoms with Gasteiger partial charge in [0.2, 0.25) is 5.91 Å². The van der Waals surface area contributed by atoms with Crippen LogP contribution in [0.2, 0.25) is 0 Å². The van der Waals surface area contributed by atoms with Gasteiger partial charge in [-0.05, 0) is 43.5 Å². The second-order valence-electron chi connectivity index (χ2n) is 8.07. The van der Waals surface area contributed by atoms with Crippen LogP contribution in [0.25, 0.3) is 0 Å². The number of likely N-dealkylation sites (tertiary alicyclic amines) is 1. The number of aromatic amines is 1. The van der Waals surface area contributed by atoms with Crippen LogP contribution in [-0.2, 0) is 16.1 Å². The monoisotopic (exact) mass is 399 g/mol. The highest BCUT2D eigenvalue weighted by atomic mass is 16.5. The molecule has 2 atom stereocenters. The number of carbonyl (C=O) groups excluding carboxylic acids is 1. The van der Waals surface area contributed by atoms with E-state index in [0.29, 0.717) is 18.4 Å². The molecule has 158 valence electrons. The molecule has 6 heteroatoms. The number of amides is 1. The zero-order valence-electron chi connectivity index (χ0n) is 17.9. The number of H-pyrrole nitrogens is 1. The number of nitrogens with one attached hydrogen (secondary N) is 1. The molecule has 1 aromatic carbocycles. The molecule has 1 N–H and O–H groups in total. The average molecular weight is 400 g/mol. The van der Waals surface area contributed by atoms with E-state index in [1.165, 1.54) is 11.3 Å². The Morgan fingerprint density at radius 2 is 2.00 bits per heavy atom. The van der Waals surface area contributed by atoms with Gasteiger partial charge in [-0.3, -0.25) is 9.69 Å². The largest absolute Gasteiger partial charge is 0.496 e. The number of aromatic nitrogens is 1. The molecule has 0 aliphatic carbocycles. The SMILES string of the molecule is COCC(=O)N(C[C@H]1CN(Cc2ccc[nH]2)C[C@H]1c1ccccc1OC)C(C)C. The summed E-state index contributed by atoms with van der Waals surface area (Å²) in [7, 11) is 3.30. The van der Waals surface area contributed by atoms with Crippen molar-refractivity contribution in [3.8, 4) is 5.75 Å². The summed E-state index contributed by atoms with van der Waals surface area (Å²) in [6.45, 7) is 7.72. The normalized spacial score (nSPS) is 19.6. The number of benzene rings is 1. The van der Waals surface area contributed by atoms with Crippen molar-refractivity contribution in [2.75, 3.05) is 40.5 Å². The first-order valence-corrected chi connectivity index (χ1v) is 10.3. The zero-order chi connectivity index (χ0) is 20.8. The van der Waals surface area contributed by atoms with Crippen molar-refractivity contribution in [3.05, 3.63) is 53.9 Å². The van der Waals surface area contributed by atoms with E-state index < -0.39 is 0 Å². The Bertz CT molecular complexity index is 775. The third kappa shape index (κ3) is 5.19. The molecule has 2 aromatic rings. The van der Waals surface area contributed by atoms with Crippen molar-refractivity contribution in [3.63, 3.8) is 0 Å². The Morgan fingerprint density at radius 1 is 1.21 bits per heavy atom. The van der Waals surface area contributed by atoms with Crippen LogP contribution in [0.3, 0.4) is 0 Å². The van der Waals surface area contributed by atoms with Crippen LogP contribution in [0.5, 0.6) is 5.75 Å². The lowest BCUT2D eigenvalue weighted by Gasteiger charge is -2.31. The first-order chi connectivity index (χ1) is 14.0. The van der Waals surface area contributed by atoms with Crippen LogP contribution in [0.1, 0.15) is 31.0 Å². The fourth-order valence-electron chi connectivity index (χ4n) is 4.37. The Kier molecular flexibility index (Phi) is 7.34. The minimum Gasteiger partial charge on any atom is -0.496 e. The molecule has 1 aromatic heterocycles. The molecule has 1 saturated heterocycles. The standard InChI is InChI=1S/C23H33N3O3/c1-17(2)26(23(27)16-28-3)13-18-12-25(14-19-8-7-11-24-19)15-21(18)20-9-5-6-10-22(20)29-4/h5-11,17-18,21,24H,12-16H2,1-4H3/t18-,21-/m1/s1. The average Bonchev–Trinajstić information content (AvgIpc) is 3.36. The Balaban J connectivity index is 1.84. The van der Waals surface area contributed by atoms with Crippen molar-refractivity contribution >= 4 is 5.91 Å². The summed E-state index contributed by atoms with van der Waals surface area (Å²) in [5, 5.41) is 0. The fourth-order valence-corrected chi connectivity index (χ4v) is 4.37. The highest BCUT2D eigenvalue weighted by Crippen LogP contribution is 2.38. The Labute approximate surface area is 173 Å². The van der Waals surface area contributed by atoms with E-state index in [-0.39, 0.29) is 18.6 Å². The van der Waals surface area contributed by atoms with Crippen LogP contribution in [0, 0.1) is 5.92 Å². The van der Waals surface area contributed by atoms with E-state index in [1.807, 2.05) is 29.3 Å². The predicted octanol–water partition coefficient (Wildman–Crippen LogP) is 3.12. The summed E-state index contributed by atoms with van der Waals surface area (Å²) in [5.74, 6) is 1.59. The molecule has 1 fully saturated rings. The van der Waals surface area contributed by atoms with Gasteiger partial charge in [-0.1, -0.05) is 18.2 Å². The molecule has 1 amide bonds. The van der Waals surface area contributed by atoms with Crippen LogP contribution in [0.4, 0.5) is 0 Å². The maximum Gasteiger partial charge on any atom is 0.248 e. The van der Waals surface area contributed by atoms with Crippen LogP contribution < -0.4 is 4.74 Å². The lowest BCUT2D eigenvalue weighted by Crippen LogP contribution is -2.43. The van der Waals surface area contributed by atoms with Crippen LogP contribution in [0.15, 0.2) is 42.6 Å². The molecule has 2 heterocycles. The molecule has 0 unspecified atom stereocenters. The van der Waals surface area contributed by atoms with Gasteiger partial charge in [-0.2, -0.15) is 0 Å². The van der Waals surface area contributed by atoms with Gasteiger partial charge >= 0.3 is 0 Å². The van der Waals surface area contributed by atoms with Crippen molar-refractivity contribution in [2.45, 2.75) is 32.4 Å². The fraction of sp³-hybridized carbons (Fsp3) is 0.522. The molecule has 0 radical (unpaired) electrons. The number of carbonyl (C=O) groups is 1. The summed E-state index contributed by atoms with van der Waals surface area (Å²) in [6, 6.07) is 12.5. The molecule has 6 nitrogen and oxygen atoms in total. The Hall–Kier alpha value is -2.31. The van der Waals surface area contributed by atoms with Crippen molar-refractivity contribution < 1.29 is 14.3 Å². The number of nitrogens with zero attached hydrogens (tertiary/aromatic N) is 2. The van der Waals surface area contributed by atoms with E-state index >= 15 is 0 Å². The van der Waals surface area contributed by atoms with Gasteiger partial charge in [0.15, 0.2) is 0 Å². The quantitative estimate of drug-likeness (QED) is 0.704. The van der Waals surface area contributed by atoms with Gasteiger partial charge in [-0.25, -0.2) is 0 Å². The van der Waals surface area contributed by atoms with E-state index in [4.69, 9.17) is 9.47 Å². The van der Waals surface area contributed by atoms with E-state index in [9.17, 15) is 4.79 Å². The van der Waals surface area contributed by atoms with E-state index in [2.05, 4.69) is 41.9 Å². The third-order valence-electron chi connectivity index (χ3n) is 5.75. The molecule has 0 spiro atoms. The van der Waals surface area contributed by atoms with Gasteiger partial charge < -0.3 is 19.4 Å². The smallest absolute Gasteiger partial charge is 0.248 e. The van der Waals surface area contributed by atoms with Gasteiger partial charge in [0.05, 0.1) is 7.11 Å². The van der Waals surface area contributed by atoms with Gasteiger partial charge in [-0.15, -0.1) is 0 Å². The second kappa shape index (κ2) is 9.94. The minimum absolute atomic E-state index is 0.0455. The second-order valence-corrected chi connectivity index (χ2v) is 8.07. The number of methoxy groups -OCH3 is 2. The summed E-state index contributed by atoms with van der Waals surface area (Å²) < 4.78 is 10.8. The maximum absolute atomic E-state index is 12.6. The van der Waals surface area contributed by atoms with Gasteiger partial charge in [0.1, 0.15) is 12.4 Å². The Morgan fingerprint density at radius 3 is 2.66 bits per heavy atom. The topological polar surface area (TPSA) is 57.8 Å². The van der Waals surface area contributed by atoms with Crippen LogP contribution in [-0.4, -0.2) is 67.2 Å². The van der Waals surface area contributed by atoms with Crippen molar-refractivity contribution in [2.24, 2.45) is 5.92 Å². The zero-order valence-corrected chi connectivity index (χ0v) is 17.9. The van der Waals surface area contributed by atoms with Crippen LogP contribution >= 0.6 is 0 Å². The number of hydrogen-bond donors (Lipinski definition) is 1. The lowest BCUT2D eigenvalue weighted by atomic mass is 9.87. The highest BCUT2D eigenvalue weighted by Gasteiger charge is 2.37. The van der Waals surface area contributed by atoms with E-state index in [0.717, 1.165) is 25.4 Å². The molecular weight excluding hydrogens is 366 g/mol. The van der Waals surface area contributed by atoms with Gasteiger partial charge in [0, 0.05) is 57.1 Å². The summed E-state index contributed by atoms with van der Waals surface area (Å²) in [5.41, 5.74) is 2.43. The number of ether oxygens (including phenoxy) is 2. The molecule has 3 rings (SSSR count). The first kappa shape index (κ1) is 21.4. The predicted molar refractivity (Wildman–Crippen MR) is 114 cm³/mol. The summed E-state index contributed by atoms with van der Waals surface area (Å²) in [4.78, 5) is 20.4. The number of para-hydroxylation sites is 1. The summed E-state index contributed by atoms with van der Waals surface area (Å²) >= 11 is 0. The van der Waals surface area contributed by atoms with Gasteiger partial charge in [0.25, 0.3) is 0 Å². The minimum atomic E-state index is 0.0455. The first-order valence-electron chi connectivity index (χ1n) is 10.3. The molecule has 1 aliphatic rings. The molecule has 29 heavy (non-hydrogen) atoms. The number of hydrogen-bond acceptors (Lipinski definition) is 4. The number of rotatable bonds is 9. The van der Waals surface area contributed by atoms with Crippen molar-refractivity contribution in [1.82, 2.24) is 14.8 Å². The molecule has 1 aliphatic heterocycles. The lowest BCUT2D eigenvalue weighted by molar-refractivity contribution is -0.137.